The first kappa shape index (κ1) is 18.3. The summed E-state index contributed by atoms with van der Waals surface area (Å²) in [5, 5.41) is 10.7. The Kier molecular flexibility index (Phi) is 4.36. The van der Waals surface area contributed by atoms with Gasteiger partial charge in [-0.25, -0.2) is 0 Å². The van der Waals surface area contributed by atoms with Crippen molar-refractivity contribution in [1.29, 1.82) is 0 Å². The minimum atomic E-state index is -0.630. The van der Waals surface area contributed by atoms with E-state index >= 15 is 0 Å². The highest BCUT2D eigenvalue weighted by Crippen LogP contribution is 2.68. The molecule has 0 radical (unpaired) electrons. The van der Waals surface area contributed by atoms with Crippen LogP contribution in [-0.2, 0) is 4.79 Å². The van der Waals surface area contributed by atoms with Crippen molar-refractivity contribution in [3.63, 3.8) is 0 Å². The molecule has 0 aliphatic heterocycles. The van der Waals surface area contributed by atoms with Crippen LogP contribution in [0.4, 0.5) is 0 Å². The Morgan fingerprint density at radius 3 is 2.40 bits per heavy atom. The van der Waals surface area contributed by atoms with E-state index in [2.05, 4.69) is 13.8 Å². The molecule has 0 aromatic rings. The molecule has 3 heteroatoms. The van der Waals surface area contributed by atoms with Gasteiger partial charge in [0.1, 0.15) is 5.78 Å². The van der Waals surface area contributed by atoms with Gasteiger partial charge < -0.3 is 5.11 Å². The van der Waals surface area contributed by atoms with Gasteiger partial charge in [0.25, 0.3) is 0 Å². The molecule has 4 rings (SSSR count). The Morgan fingerprint density at radius 1 is 1.00 bits per heavy atom. The van der Waals surface area contributed by atoms with Crippen LogP contribution in [0.3, 0.4) is 0 Å². The number of hydrogen-bond acceptors (Lipinski definition) is 2. The number of carbonyl (C=O) groups excluding carboxylic acids is 1. The lowest BCUT2D eigenvalue weighted by Gasteiger charge is -2.62. The Hall–Kier alpha value is -0.0800. The topological polar surface area (TPSA) is 37.3 Å². The quantitative estimate of drug-likeness (QED) is 0.681. The van der Waals surface area contributed by atoms with Crippen LogP contribution < -0.4 is 0 Å². The maximum Gasteiger partial charge on any atom is 0.133 e. The second kappa shape index (κ2) is 5.96. The molecular weight excluding hydrogens is 332 g/mol. The van der Waals surface area contributed by atoms with Crippen LogP contribution in [0.15, 0.2) is 0 Å². The van der Waals surface area contributed by atoms with Gasteiger partial charge in [-0.15, -0.1) is 11.6 Å². The van der Waals surface area contributed by atoms with Crippen molar-refractivity contribution in [3.8, 4) is 0 Å². The van der Waals surface area contributed by atoms with Crippen LogP contribution in [0.2, 0.25) is 0 Å². The predicted octanol–water partition coefficient (Wildman–Crippen LogP) is 5.20. The van der Waals surface area contributed by atoms with Gasteiger partial charge in [-0.1, -0.05) is 13.8 Å². The maximum atomic E-state index is 12.2. The molecule has 4 aliphatic carbocycles. The zero-order chi connectivity index (χ0) is 18.0. The number of hydrogen-bond donors (Lipinski definition) is 1. The standard InChI is InChI=1S/C22H35ClO2/c1-14(24)17-6-7-18-16-5-4-15-12-22(25,13-23)11-10-20(15,2)19(16)8-9-21(17,18)3/h15-19,25H,4-13H2,1-3H3/t15-,16-,17+,18-,19-,20-,21+,22+/m0/s1. The van der Waals surface area contributed by atoms with Gasteiger partial charge in [0.15, 0.2) is 0 Å². The Bertz CT molecular complexity index is 562. The maximum absolute atomic E-state index is 12.2. The van der Waals surface area contributed by atoms with Gasteiger partial charge in [-0.3, -0.25) is 4.79 Å². The lowest BCUT2D eigenvalue weighted by atomic mass is 9.44. The molecular formula is C22H35ClO2. The monoisotopic (exact) mass is 366 g/mol. The second-order valence-corrected chi connectivity index (χ2v) is 10.8. The zero-order valence-electron chi connectivity index (χ0n) is 16.2. The third-order valence-electron chi connectivity index (χ3n) is 9.56. The highest BCUT2D eigenvalue weighted by molar-refractivity contribution is 6.18. The Balaban J connectivity index is 1.59. The fraction of sp³-hybridized carbons (Fsp3) is 0.955. The average Bonchev–Trinajstić information content (AvgIpc) is 2.93. The first-order valence-electron chi connectivity index (χ1n) is 10.5. The molecule has 0 amide bonds. The minimum absolute atomic E-state index is 0.252. The van der Waals surface area contributed by atoms with Crippen LogP contribution in [0, 0.1) is 40.4 Å². The van der Waals surface area contributed by atoms with Crippen molar-refractivity contribution in [1.82, 2.24) is 0 Å². The summed E-state index contributed by atoms with van der Waals surface area (Å²) in [6.45, 7) is 6.76. The smallest absolute Gasteiger partial charge is 0.133 e. The van der Waals surface area contributed by atoms with E-state index in [1.165, 1.54) is 32.1 Å². The molecule has 2 nitrogen and oxygen atoms in total. The molecule has 142 valence electrons. The lowest BCUT2D eigenvalue weighted by molar-refractivity contribution is -0.149. The van der Waals surface area contributed by atoms with Crippen molar-refractivity contribution in [2.24, 2.45) is 40.4 Å². The van der Waals surface area contributed by atoms with Crippen molar-refractivity contribution < 1.29 is 9.90 Å². The number of aliphatic hydroxyl groups is 1. The molecule has 0 unspecified atom stereocenters. The minimum Gasteiger partial charge on any atom is -0.389 e. The molecule has 0 spiro atoms. The molecule has 4 aliphatic rings. The van der Waals surface area contributed by atoms with E-state index in [1.54, 1.807) is 0 Å². The molecule has 8 atom stereocenters. The van der Waals surface area contributed by atoms with E-state index in [-0.39, 0.29) is 5.41 Å². The van der Waals surface area contributed by atoms with E-state index in [0.717, 1.165) is 43.4 Å². The lowest BCUT2D eigenvalue weighted by Crippen LogP contribution is -2.56. The summed E-state index contributed by atoms with van der Waals surface area (Å²) < 4.78 is 0. The van der Waals surface area contributed by atoms with Crippen LogP contribution in [0.1, 0.15) is 78.6 Å². The van der Waals surface area contributed by atoms with Crippen LogP contribution in [0.25, 0.3) is 0 Å². The van der Waals surface area contributed by atoms with E-state index < -0.39 is 5.60 Å². The summed E-state index contributed by atoms with van der Waals surface area (Å²) in [6.07, 6.45) is 10.3. The number of fused-ring (bicyclic) bond motifs is 5. The summed E-state index contributed by atoms with van der Waals surface area (Å²) >= 11 is 6.09. The molecule has 4 saturated carbocycles. The normalized spacial score (nSPS) is 55.2. The molecule has 25 heavy (non-hydrogen) atoms. The molecule has 1 N–H and O–H groups in total. The van der Waals surface area contributed by atoms with Crippen LogP contribution in [0.5, 0.6) is 0 Å². The number of rotatable bonds is 2. The van der Waals surface area contributed by atoms with Crippen molar-refractivity contribution in [2.75, 3.05) is 5.88 Å². The number of carbonyl (C=O) groups is 1. The fourth-order valence-corrected chi connectivity index (χ4v) is 8.35. The van der Waals surface area contributed by atoms with Crippen LogP contribution >= 0.6 is 11.6 Å². The van der Waals surface area contributed by atoms with E-state index in [0.29, 0.717) is 28.9 Å². The highest BCUT2D eigenvalue weighted by Gasteiger charge is 2.61. The second-order valence-electron chi connectivity index (χ2n) is 10.5. The molecule has 4 fully saturated rings. The molecule has 0 heterocycles. The number of ketones is 1. The van der Waals surface area contributed by atoms with Gasteiger partial charge in [0, 0.05) is 5.92 Å². The van der Waals surface area contributed by atoms with Crippen molar-refractivity contribution in [3.05, 3.63) is 0 Å². The summed E-state index contributed by atoms with van der Waals surface area (Å²) in [5.41, 5.74) is -0.00653. The highest BCUT2D eigenvalue weighted by atomic mass is 35.5. The fourth-order valence-electron chi connectivity index (χ4n) is 8.11. The van der Waals surface area contributed by atoms with Crippen LogP contribution in [-0.4, -0.2) is 22.4 Å². The predicted molar refractivity (Wildman–Crippen MR) is 102 cm³/mol. The van der Waals surface area contributed by atoms with Crippen molar-refractivity contribution >= 4 is 17.4 Å². The van der Waals surface area contributed by atoms with E-state index in [1.807, 2.05) is 6.92 Å². The van der Waals surface area contributed by atoms with Gasteiger partial charge in [-0.2, -0.15) is 0 Å². The first-order chi connectivity index (χ1) is 11.7. The van der Waals surface area contributed by atoms with E-state index in [9.17, 15) is 9.90 Å². The van der Waals surface area contributed by atoms with Gasteiger partial charge in [-0.05, 0) is 99.2 Å². The third kappa shape index (κ3) is 2.57. The number of Topliss-reactive ketones (excluding diaryl/α,β-unsaturated/α-hetero) is 1. The molecule has 0 aromatic carbocycles. The third-order valence-corrected chi connectivity index (χ3v) is 10.1. The number of alkyl halides is 1. The Morgan fingerprint density at radius 2 is 1.72 bits per heavy atom. The first-order valence-corrected chi connectivity index (χ1v) is 11.1. The zero-order valence-corrected chi connectivity index (χ0v) is 16.9. The molecule has 0 bridgehead atoms. The van der Waals surface area contributed by atoms with Gasteiger partial charge in [0.2, 0.25) is 0 Å². The SMILES string of the molecule is CC(=O)[C@H]1CC[C@H]2[C@@H]3CC[C@H]4C[C@@](O)(CCl)CC[C@]4(C)[C@H]3CC[C@]12C. The summed E-state index contributed by atoms with van der Waals surface area (Å²) in [6, 6.07) is 0. The largest absolute Gasteiger partial charge is 0.389 e. The van der Waals surface area contributed by atoms with Gasteiger partial charge >= 0.3 is 0 Å². The summed E-state index contributed by atoms with van der Waals surface area (Å²) in [7, 11) is 0. The van der Waals surface area contributed by atoms with Crippen molar-refractivity contribution in [2.45, 2.75) is 84.2 Å². The van der Waals surface area contributed by atoms with Gasteiger partial charge in [0.05, 0.1) is 11.5 Å². The average molecular weight is 367 g/mol. The number of halogens is 1. The Labute approximate surface area is 158 Å². The van der Waals surface area contributed by atoms with E-state index in [4.69, 9.17) is 11.6 Å². The summed E-state index contributed by atoms with van der Waals surface area (Å²) in [4.78, 5) is 12.2. The summed E-state index contributed by atoms with van der Waals surface area (Å²) in [5.74, 6) is 4.06. The molecule has 0 saturated heterocycles. The molecule has 0 aromatic heterocycles.